The zero-order valence-corrected chi connectivity index (χ0v) is 25.6. The van der Waals surface area contributed by atoms with Crippen LogP contribution in [-0.4, -0.2) is 52.5 Å². The van der Waals surface area contributed by atoms with Crippen LogP contribution in [0.25, 0.3) is 0 Å². The molecule has 6 unspecified atom stereocenters. The number of thioether (sulfide) groups is 1. The molecule has 2 saturated carbocycles. The highest BCUT2D eigenvalue weighted by molar-refractivity contribution is 8.00. The number of anilines is 2. The van der Waals surface area contributed by atoms with E-state index in [1.807, 2.05) is 0 Å². The van der Waals surface area contributed by atoms with Crippen molar-refractivity contribution in [3.8, 4) is 0 Å². The van der Waals surface area contributed by atoms with Gasteiger partial charge in [-0.15, -0.1) is 11.8 Å². The number of rotatable bonds is 7. The summed E-state index contributed by atoms with van der Waals surface area (Å²) in [5, 5.41) is 4.33. The van der Waals surface area contributed by atoms with E-state index in [1.165, 1.54) is 16.2 Å². The molecule has 7 rings (SSSR count). The summed E-state index contributed by atoms with van der Waals surface area (Å²) < 4.78 is 0. The number of nitrogens with zero attached hydrogens (tertiary/aromatic N) is 2. The lowest BCUT2D eigenvalue weighted by molar-refractivity contribution is -0.143. The van der Waals surface area contributed by atoms with Gasteiger partial charge in [-0.3, -0.25) is 24.1 Å². The van der Waals surface area contributed by atoms with Gasteiger partial charge in [-0.1, -0.05) is 35.1 Å². The topological polar surface area (TPSA) is 103 Å². The first-order valence-electron chi connectivity index (χ1n) is 14.4. The van der Waals surface area contributed by atoms with E-state index in [2.05, 4.69) is 53.3 Å². The van der Waals surface area contributed by atoms with Crippen LogP contribution in [0.3, 0.4) is 0 Å². The molecule has 2 aromatic carbocycles. The van der Waals surface area contributed by atoms with Gasteiger partial charge in [-0.2, -0.15) is 0 Å². The maximum Gasteiger partial charge on any atom is 0.305 e. The van der Waals surface area contributed by atoms with E-state index < -0.39 is 17.7 Å². The van der Waals surface area contributed by atoms with Crippen LogP contribution >= 0.6 is 34.7 Å². The van der Waals surface area contributed by atoms with Crippen molar-refractivity contribution in [1.82, 2.24) is 9.88 Å². The van der Waals surface area contributed by atoms with Crippen LogP contribution in [-0.2, 0) is 14.4 Å². The molecule has 2 bridgehead atoms. The summed E-state index contributed by atoms with van der Waals surface area (Å²) in [5.41, 5.74) is 2.85. The highest BCUT2D eigenvalue weighted by Gasteiger charge is 2.69. The summed E-state index contributed by atoms with van der Waals surface area (Å²) in [6.45, 7) is 5.81. The van der Waals surface area contributed by atoms with Gasteiger partial charge in [0, 0.05) is 45.5 Å². The fourth-order valence-electron chi connectivity index (χ4n) is 7.97. The molecule has 3 fully saturated rings. The summed E-state index contributed by atoms with van der Waals surface area (Å²) in [7, 11) is 0. The van der Waals surface area contributed by atoms with Crippen LogP contribution in [0.1, 0.15) is 36.6 Å². The van der Waals surface area contributed by atoms with Crippen LogP contribution in [0.4, 0.5) is 11.4 Å². The molecule has 0 spiro atoms. The zero-order chi connectivity index (χ0) is 29.3. The second kappa shape index (κ2) is 10.6. The summed E-state index contributed by atoms with van der Waals surface area (Å²) in [6, 6.07) is 15.3. The monoisotopic (exact) mass is 622 g/mol. The number of aromatic amines is 1. The second-order valence-electron chi connectivity index (χ2n) is 11.5. The third-order valence-electron chi connectivity index (χ3n) is 9.63. The standard InChI is InChI=1S/C31H31ClN4O4S2/c1-3-35(4-2)18-11-5-15(6-12-18)22-23-19-13-20(26(23)41-28-27(22)42-31(40)34-28)25-24(19)29(38)36(30(25)39)14-21(37)33-17-9-7-16(32)8-10-17/h5-12,19-20,22-26H,3-4,13-14H2,1-2H3,(H,33,37)(H,34,40)/t19?,20?,22-,23?,24?,25?,26?/m1/s1. The van der Waals surface area contributed by atoms with Crippen molar-refractivity contribution >= 4 is 63.8 Å². The second-order valence-corrected chi connectivity index (χ2v) is 14.2. The Morgan fingerprint density at radius 3 is 2.33 bits per heavy atom. The van der Waals surface area contributed by atoms with Crippen molar-refractivity contribution in [3.63, 3.8) is 0 Å². The number of H-pyrrole nitrogens is 1. The number of hydrogen-bond acceptors (Lipinski definition) is 7. The number of likely N-dealkylation sites (tertiary alicyclic amines) is 1. The fourth-order valence-corrected chi connectivity index (χ4v) is 11.0. The van der Waals surface area contributed by atoms with E-state index in [0.717, 1.165) is 40.7 Å². The molecule has 7 atom stereocenters. The van der Waals surface area contributed by atoms with Gasteiger partial charge in [0.2, 0.25) is 17.7 Å². The van der Waals surface area contributed by atoms with Crippen LogP contribution < -0.4 is 15.1 Å². The minimum atomic E-state index is -0.428. The Morgan fingerprint density at radius 2 is 1.67 bits per heavy atom. The van der Waals surface area contributed by atoms with Gasteiger partial charge in [0.25, 0.3) is 0 Å². The number of fused-ring (bicyclic) bond motifs is 9. The molecule has 3 aromatic rings. The van der Waals surface area contributed by atoms with E-state index >= 15 is 0 Å². The Kier molecular flexibility index (Phi) is 6.98. The minimum Gasteiger partial charge on any atom is -0.372 e. The molecule has 0 radical (unpaired) electrons. The quantitative estimate of drug-likeness (QED) is 0.358. The molecule has 3 heterocycles. The Balaban J connectivity index is 1.18. The van der Waals surface area contributed by atoms with Gasteiger partial charge >= 0.3 is 4.87 Å². The SMILES string of the molecule is CCN(CC)c1ccc([C@H]2c3sc(=O)[nH]c3SC3C4CC(C5C(=O)N(CC(=O)Nc6ccc(Cl)cc6)C(=O)C45)C32)cc1. The minimum absolute atomic E-state index is 0.0103. The summed E-state index contributed by atoms with van der Waals surface area (Å²) in [5.74, 6) is -1.62. The predicted molar refractivity (Wildman–Crippen MR) is 165 cm³/mol. The molecule has 2 aliphatic carbocycles. The first-order chi connectivity index (χ1) is 20.3. The molecule has 1 aromatic heterocycles. The highest BCUT2D eigenvalue weighted by Crippen LogP contribution is 2.68. The number of benzene rings is 2. The van der Waals surface area contributed by atoms with Gasteiger partial charge in [-0.05, 0) is 80.0 Å². The van der Waals surface area contributed by atoms with Crippen molar-refractivity contribution in [3.05, 3.63) is 73.7 Å². The third kappa shape index (κ3) is 4.33. The van der Waals surface area contributed by atoms with E-state index in [9.17, 15) is 19.2 Å². The molecular weight excluding hydrogens is 592 g/mol. The normalized spacial score (nSPS) is 28.9. The van der Waals surface area contributed by atoms with Crippen LogP contribution in [0.5, 0.6) is 0 Å². The van der Waals surface area contributed by atoms with E-state index in [1.54, 1.807) is 36.0 Å². The number of amides is 3. The number of nitrogens with one attached hydrogen (secondary N) is 2. The van der Waals surface area contributed by atoms with Crippen molar-refractivity contribution in [2.75, 3.05) is 29.9 Å². The van der Waals surface area contributed by atoms with Gasteiger partial charge in [0.1, 0.15) is 6.54 Å². The van der Waals surface area contributed by atoms with Gasteiger partial charge in [-0.25, -0.2) is 0 Å². The lowest BCUT2D eigenvalue weighted by atomic mass is 9.68. The summed E-state index contributed by atoms with van der Waals surface area (Å²) in [6.07, 6.45) is 0.813. The smallest absolute Gasteiger partial charge is 0.305 e. The largest absolute Gasteiger partial charge is 0.372 e. The first-order valence-corrected chi connectivity index (χ1v) is 16.5. The molecule has 218 valence electrons. The number of imide groups is 1. The summed E-state index contributed by atoms with van der Waals surface area (Å²) in [4.78, 5) is 60.4. The van der Waals surface area contributed by atoms with Crippen LogP contribution in [0.2, 0.25) is 5.02 Å². The number of carbonyl (C=O) groups excluding carboxylic acids is 3. The Morgan fingerprint density at radius 1 is 1.00 bits per heavy atom. The molecule has 2 N–H and O–H groups in total. The van der Waals surface area contributed by atoms with Crippen molar-refractivity contribution < 1.29 is 14.4 Å². The molecule has 8 nitrogen and oxygen atoms in total. The first kappa shape index (κ1) is 27.7. The summed E-state index contributed by atoms with van der Waals surface area (Å²) >= 11 is 8.87. The Labute approximate surface area is 256 Å². The zero-order valence-electron chi connectivity index (χ0n) is 23.2. The average molecular weight is 623 g/mol. The molecule has 11 heteroatoms. The predicted octanol–water partition coefficient (Wildman–Crippen LogP) is 5.05. The van der Waals surface area contributed by atoms with Gasteiger partial charge in [0.05, 0.1) is 16.9 Å². The number of hydrogen-bond donors (Lipinski definition) is 2. The fraction of sp³-hybridized carbons (Fsp3) is 0.419. The third-order valence-corrected chi connectivity index (χ3v) is 12.5. The van der Waals surface area contributed by atoms with Crippen LogP contribution in [0, 0.1) is 29.6 Å². The van der Waals surface area contributed by atoms with E-state index in [0.29, 0.717) is 10.7 Å². The Hall–Kier alpha value is -3.08. The van der Waals surface area contributed by atoms with E-state index in [-0.39, 0.29) is 52.2 Å². The van der Waals surface area contributed by atoms with Crippen molar-refractivity contribution in [2.45, 2.75) is 36.5 Å². The van der Waals surface area contributed by atoms with Crippen LogP contribution in [0.15, 0.2) is 58.4 Å². The molecule has 2 aliphatic heterocycles. The number of thiazole rings is 1. The molecule has 3 amide bonds. The number of halogens is 1. The lowest BCUT2D eigenvalue weighted by Crippen LogP contribution is -2.42. The Bertz CT molecular complexity index is 1620. The van der Waals surface area contributed by atoms with Gasteiger partial charge in [0.15, 0.2) is 0 Å². The molecule has 42 heavy (non-hydrogen) atoms. The van der Waals surface area contributed by atoms with E-state index in [4.69, 9.17) is 11.6 Å². The number of aromatic nitrogens is 1. The molecular formula is C31H31ClN4O4S2. The lowest BCUT2D eigenvalue weighted by Gasteiger charge is -2.43. The maximum atomic E-state index is 13.8. The van der Waals surface area contributed by atoms with Crippen molar-refractivity contribution in [2.24, 2.45) is 29.6 Å². The number of carbonyl (C=O) groups is 3. The van der Waals surface area contributed by atoms with Crippen molar-refractivity contribution in [1.29, 1.82) is 0 Å². The average Bonchev–Trinajstić information content (AvgIpc) is 3.71. The molecule has 1 saturated heterocycles. The highest BCUT2D eigenvalue weighted by atomic mass is 35.5. The maximum absolute atomic E-state index is 13.8. The van der Waals surface area contributed by atoms with Gasteiger partial charge < -0.3 is 15.2 Å². The molecule has 4 aliphatic rings.